The summed E-state index contributed by atoms with van der Waals surface area (Å²) in [5.41, 5.74) is 0.355. The number of hydrogen-bond acceptors (Lipinski definition) is 2. The van der Waals surface area contributed by atoms with Crippen LogP contribution in [0.4, 0.5) is 4.39 Å². The third kappa shape index (κ3) is 1.95. The van der Waals surface area contributed by atoms with Gasteiger partial charge < -0.3 is 4.74 Å². The quantitative estimate of drug-likeness (QED) is 0.633. The average molecular weight is 277 g/mol. The lowest BCUT2D eigenvalue weighted by molar-refractivity contribution is -0.112. The highest BCUT2D eigenvalue weighted by Gasteiger charge is 2.59. The number of ether oxygens (including phenoxy) is 1. The maximum absolute atomic E-state index is 12.9. The van der Waals surface area contributed by atoms with Gasteiger partial charge in [0.05, 0.1) is 0 Å². The first-order valence-electron chi connectivity index (χ1n) is 5.82. The molecule has 0 amide bonds. The average Bonchev–Trinajstić information content (AvgIpc) is 3.16. The van der Waals surface area contributed by atoms with Crippen molar-refractivity contribution in [2.24, 2.45) is 0 Å². The van der Waals surface area contributed by atoms with Crippen LogP contribution >= 0.6 is 11.6 Å². The highest BCUT2D eigenvalue weighted by molar-refractivity contribution is 6.31. The number of carbonyl (C=O) groups excluding carboxylic acids is 1. The Morgan fingerprint density at radius 2 is 1.84 bits per heavy atom. The minimum absolute atomic E-state index is 0.347. The number of aldehydes is 1. The molecule has 2 atom stereocenters. The van der Waals surface area contributed by atoms with Crippen LogP contribution in [0.1, 0.15) is 17.2 Å². The molecule has 0 bridgehead atoms. The van der Waals surface area contributed by atoms with Gasteiger partial charge in [-0.25, -0.2) is 4.39 Å². The highest BCUT2D eigenvalue weighted by Crippen LogP contribution is 2.56. The summed E-state index contributed by atoms with van der Waals surface area (Å²) < 4.78 is 18.5. The summed E-state index contributed by atoms with van der Waals surface area (Å²) in [6.07, 6.45) is 0.331. The molecule has 2 aromatic rings. The number of hydrogen-bond donors (Lipinski definition) is 0. The first kappa shape index (κ1) is 12.3. The zero-order valence-corrected chi connectivity index (χ0v) is 10.6. The van der Waals surface area contributed by atoms with Gasteiger partial charge in [-0.3, -0.25) is 4.79 Å². The summed E-state index contributed by atoms with van der Waals surface area (Å²) in [5.74, 6) is -0.347. The van der Waals surface area contributed by atoms with Crippen molar-refractivity contribution < 1.29 is 13.9 Å². The van der Waals surface area contributed by atoms with E-state index in [1.165, 1.54) is 12.1 Å². The maximum Gasteiger partial charge on any atom is 0.179 e. The van der Waals surface area contributed by atoms with Gasteiger partial charge >= 0.3 is 0 Å². The van der Waals surface area contributed by atoms with Crippen molar-refractivity contribution in [1.29, 1.82) is 0 Å². The van der Waals surface area contributed by atoms with Gasteiger partial charge in [0.2, 0.25) is 0 Å². The fourth-order valence-electron chi connectivity index (χ4n) is 2.23. The highest BCUT2D eigenvalue weighted by atomic mass is 35.5. The monoisotopic (exact) mass is 276 g/mol. The number of epoxide rings is 1. The van der Waals surface area contributed by atoms with Gasteiger partial charge in [-0.15, -0.1) is 0 Å². The first-order valence-corrected chi connectivity index (χ1v) is 6.20. The molecule has 96 valence electrons. The van der Waals surface area contributed by atoms with Gasteiger partial charge in [-0.05, 0) is 23.8 Å². The van der Waals surface area contributed by atoms with Gasteiger partial charge in [0.25, 0.3) is 0 Å². The summed E-state index contributed by atoms with van der Waals surface area (Å²) in [5, 5.41) is 0.554. The smallest absolute Gasteiger partial charge is 0.179 e. The first-order chi connectivity index (χ1) is 9.17. The summed E-state index contributed by atoms with van der Waals surface area (Å²) >= 11 is 6.10. The standard InChI is InChI=1S/C15H10ClFO2/c16-13-4-2-1-3-12(13)14-15(9-18,19-14)10-5-7-11(17)8-6-10/h1-9,14H/t14-,15-/m1/s1. The van der Waals surface area contributed by atoms with E-state index in [-0.39, 0.29) is 5.82 Å². The van der Waals surface area contributed by atoms with E-state index in [1.807, 2.05) is 18.2 Å². The lowest BCUT2D eigenvalue weighted by Crippen LogP contribution is -2.12. The second kappa shape index (κ2) is 4.44. The van der Waals surface area contributed by atoms with Gasteiger partial charge in [-0.1, -0.05) is 41.9 Å². The van der Waals surface area contributed by atoms with Gasteiger partial charge in [0, 0.05) is 10.6 Å². The molecule has 19 heavy (non-hydrogen) atoms. The Balaban J connectivity index is 1.99. The fourth-order valence-corrected chi connectivity index (χ4v) is 2.47. The molecule has 1 heterocycles. The van der Waals surface area contributed by atoms with Crippen LogP contribution in [0.2, 0.25) is 5.02 Å². The Morgan fingerprint density at radius 1 is 1.16 bits per heavy atom. The normalized spacial score (nSPS) is 25.1. The lowest BCUT2D eigenvalue weighted by Gasteiger charge is -2.06. The Morgan fingerprint density at radius 3 is 2.47 bits per heavy atom. The lowest BCUT2D eigenvalue weighted by atomic mass is 9.93. The van der Waals surface area contributed by atoms with Gasteiger partial charge in [0.1, 0.15) is 11.9 Å². The van der Waals surface area contributed by atoms with Crippen LogP contribution in [-0.4, -0.2) is 6.29 Å². The summed E-state index contributed by atoms with van der Waals surface area (Å²) in [7, 11) is 0. The van der Waals surface area contributed by atoms with E-state index in [9.17, 15) is 9.18 Å². The minimum Gasteiger partial charge on any atom is -0.348 e. The van der Waals surface area contributed by atoms with E-state index in [0.717, 1.165) is 11.8 Å². The molecular formula is C15H10ClFO2. The molecule has 4 heteroatoms. The van der Waals surface area contributed by atoms with E-state index in [2.05, 4.69) is 0 Å². The maximum atomic E-state index is 12.9. The summed E-state index contributed by atoms with van der Waals surface area (Å²) in [6, 6.07) is 13.0. The van der Waals surface area contributed by atoms with Crippen LogP contribution < -0.4 is 0 Å². The fraction of sp³-hybridized carbons (Fsp3) is 0.133. The molecule has 0 N–H and O–H groups in total. The van der Waals surface area contributed by atoms with Crippen LogP contribution in [0.3, 0.4) is 0 Å². The number of carbonyl (C=O) groups is 1. The van der Waals surface area contributed by atoms with Crippen LogP contribution in [0.25, 0.3) is 0 Å². The second-order valence-corrected chi connectivity index (χ2v) is 4.84. The van der Waals surface area contributed by atoms with E-state index in [1.54, 1.807) is 18.2 Å². The Kier molecular flexibility index (Phi) is 2.88. The Bertz CT molecular complexity index is 626. The number of rotatable bonds is 3. The minimum atomic E-state index is -1.04. The predicted molar refractivity (Wildman–Crippen MR) is 69.4 cm³/mol. The number of benzene rings is 2. The van der Waals surface area contributed by atoms with Crippen molar-refractivity contribution in [1.82, 2.24) is 0 Å². The van der Waals surface area contributed by atoms with E-state index in [0.29, 0.717) is 10.6 Å². The molecule has 2 aromatic carbocycles. The van der Waals surface area contributed by atoms with E-state index in [4.69, 9.17) is 16.3 Å². The SMILES string of the molecule is O=C[C@]1(c2ccc(F)cc2)O[C@@H]1c1ccccc1Cl. The molecule has 0 saturated carbocycles. The van der Waals surface area contributed by atoms with Crippen molar-refractivity contribution >= 4 is 17.9 Å². The Labute approximate surface area is 114 Å². The van der Waals surface area contributed by atoms with Crippen LogP contribution in [0.15, 0.2) is 48.5 Å². The Hall–Kier alpha value is -1.71. The molecule has 0 spiro atoms. The topological polar surface area (TPSA) is 29.6 Å². The molecule has 1 saturated heterocycles. The zero-order valence-electron chi connectivity index (χ0n) is 9.85. The molecule has 1 aliphatic heterocycles. The molecule has 2 nitrogen and oxygen atoms in total. The molecule has 1 aliphatic rings. The molecule has 0 radical (unpaired) electrons. The van der Waals surface area contributed by atoms with Crippen LogP contribution in [0, 0.1) is 5.82 Å². The van der Waals surface area contributed by atoms with E-state index < -0.39 is 11.7 Å². The van der Waals surface area contributed by atoms with Gasteiger partial charge in [-0.2, -0.15) is 0 Å². The van der Waals surface area contributed by atoms with Crippen molar-refractivity contribution in [3.63, 3.8) is 0 Å². The van der Waals surface area contributed by atoms with Crippen molar-refractivity contribution in [3.05, 3.63) is 70.5 Å². The molecule has 0 aromatic heterocycles. The molecule has 1 fully saturated rings. The molecule has 3 rings (SSSR count). The van der Waals surface area contributed by atoms with Crippen molar-refractivity contribution in [3.8, 4) is 0 Å². The largest absolute Gasteiger partial charge is 0.348 e. The zero-order chi connectivity index (χ0) is 13.5. The summed E-state index contributed by atoms with van der Waals surface area (Å²) in [4.78, 5) is 11.4. The molecule has 0 aliphatic carbocycles. The van der Waals surface area contributed by atoms with Crippen LogP contribution in [-0.2, 0) is 15.1 Å². The third-order valence-electron chi connectivity index (χ3n) is 3.30. The van der Waals surface area contributed by atoms with Crippen molar-refractivity contribution in [2.45, 2.75) is 11.7 Å². The van der Waals surface area contributed by atoms with Crippen molar-refractivity contribution in [2.75, 3.05) is 0 Å². The summed E-state index contributed by atoms with van der Waals surface area (Å²) in [6.45, 7) is 0. The number of halogens is 2. The molecular weight excluding hydrogens is 267 g/mol. The van der Waals surface area contributed by atoms with Crippen LogP contribution in [0.5, 0.6) is 0 Å². The van der Waals surface area contributed by atoms with E-state index >= 15 is 0 Å². The van der Waals surface area contributed by atoms with Gasteiger partial charge in [0.15, 0.2) is 11.9 Å². The molecule has 0 unspecified atom stereocenters. The second-order valence-electron chi connectivity index (χ2n) is 4.44. The predicted octanol–water partition coefficient (Wildman–Crippen LogP) is 3.64. The third-order valence-corrected chi connectivity index (χ3v) is 3.65.